The summed E-state index contributed by atoms with van der Waals surface area (Å²) in [5.74, 6) is -1.08. The molecule has 2 aromatic rings. The molecule has 2 heterocycles. The third-order valence-corrected chi connectivity index (χ3v) is 2.42. The fraction of sp³-hybridized carbons (Fsp3) is 0.182. The minimum atomic E-state index is -1.23. The SMILES string of the molecule is Cn1ccnc1CNc1ncc(F)cc1C(=O)O. The second-order valence-electron chi connectivity index (χ2n) is 3.66. The average Bonchev–Trinajstić information content (AvgIpc) is 2.73. The number of anilines is 1. The standard InChI is InChI=1S/C11H11FN4O2/c1-16-3-2-13-9(16)6-15-10-8(11(17)18)4-7(12)5-14-10/h2-5H,6H2,1H3,(H,14,15)(H,17,18). The number of nitrogens with one attached hydrogen (secondary N) is 1. The summed E-state index contributed by atoms with van der Waals surface area (Å²) in [5.41, 5.74) is -0.204. The molecule has 0 aliphatic heterocycles. The summed E-state index contributed by atoms with van der Waals surface area (Å²) in [6.07, 6.45) is 4.37. The van der Waals surface area contributed by atoms with Crippen molar-refractivity contribution in [2.75, 3.05) is 5.32 Å². The zero-order chi connectivity index (χ0) is 13.1. The summed E-state index contributed by atoms with van der Waals surface area (Å²) < 4.78 is 14.7. The van der Waals surface area contributed by atoms with E-state index in [1.54, 1.807) is 17.0 Å². The number of aromatic carboxylic acids is 1. The van der Waals surface area contributed by atoms with Gasteiger partial charge >= 0.3 is 5.97 Å². The maximum atomic E-state index is 12.9. The topological polar surface area (TPSA) is 80.0 Å². The number of nitrogens with zero attached hydrogens (tertiary/aromatic N) is 3. The van der Waals surface area contributed by atoms with Crippen LogP contribution in [0.3, 0.4) is 0 Å². The van der Waals surface area contributed by atoms with Gasteiger partial charge in [0, 0.05) is 19.4 Å². The number of carboxylic acids is 1. The molecule has 0 spiro atoms. The van der Waals surface area contributed by atoms with Gasteiger partial charge in [-0.25, -0.2) is 19.2 Å². The molecule has 94 valence electrons. The van der Waals surface area contributed by atoms with Crippen LogP contribution in [0.5, 0.6) is 0 Å². The van der Waals surface area contributed by atoms with Crippen molar-refractivity contribution in [1.29, 1.82) is 0 Å². The number of halogens is 1. The molecular weight excluding hydrogens is 239 g/mol. The number of aromatic nitrogens is 3. The predicted molar refractivity (Wildman–Crippen MR) is 61.7 cm³/mol. The van der Waals surface area contributed by atoms with Crippen molar-refractivity contribution in [3.63, 3.8) is 0 Å². The zero-order valence-corrected chi connectivity index (χ0v) is 9.59. The lowest BCUT2D eigenvalue weighted by molar-refractivity contribution is 0.0697. The number of pyridine rings is 1. The molecule has 2 N–H and O–H groups in total. The molecule has 0 aliphatic rings. The van der Waals surface area contributed by atoms with Crippen LogP contribution in [-0.2, 0) is 13.6 Å². The van der Waals surface area contributed by atoms with Crippen LogP contribution in [0.25, 0.3) is 0 Å². The Balaban J connectivity index is 2.19. The first-order valence-corrected chi connectivity index (χ1v) is 5.17. The first-order valence-electron chi connectivity index (χ1n) is 5.17. The molecule has 0 fully saturated rings. The van der Waals surface area contributed by atoms with E-state index in [0.29, 0.717) is 6.54 Å². The Morgan fingerprint density at radius 2 is 2.33 bits per heavy atom. The molecule has 0 bridgehead atoms. The molecule has 0 saturated heterocycles. The van der Waals surface area contributed by atoms with E-state index in [1.165, 1.54) is 0 Å². The molecule has 0 saturated carbocycles. The Bertz CT molecular complexity index is 582. The summed E-state index contributed by atoms with van der Waals surface area (Å²) in [7, 11) is 1.82. The van der Waals surface area contributed by atoms with Crippen molar-refractivity contribution in [3.05, 3.63) is 41.9 Å². The van der Waals surface area contributed by atoms with Crippen molar-refractivity contribution in [1.82, 2.24) is 14.5 Å². The van der Waals surface area contributed by atoms with Crippen LogP contribution in [0.1, 0.15) is 16.2 Å². The van der Waals surface area contributed by atoms with Crippen LogP contribution in [0.15, 0.2) is 24.7 Å². The molecule has 0 radical (unpaired) electrons. The second-order valence-corrected chi connectivity index (χ2v) is 3.66. The predicted octanol–water partition coefficient (Wildman–Crippen LogP) is 1.26. The first-order chi connectivity index (χ1) is 8.58. The lowest BCUT2D eigenvalue weighted by Gasteiger charge is -2.08. The van der Waals surface area contributed by atoms with Gasteiger partial charge in [0.15, 0.2) is 0 Å². The molecule has 2 rings (SSSR count). The largest absolute Gasteiger partial charge is 0.478 e. The molecule has 0 aromatic carbocycles. The van der Waals surface area contributed by atoms with Crippen LogP contribution >= 0.6 is 0 Å². The van der Waals surface area contributed by atoms with E-state index in [0.717, 1.165) is 18.1 Å². The zero-order valence-electron chi connectivity index (χ0n) is 9.59. The van der Waals surface area contributed by atoms with Crippen LogP contribution in [0, 0.1) is 5.82 Å². The monoisotopic (exact) mass is 250 g/mol. The minimum absolute atomic E-state index is 0.118. The van der Waals surface area contributed by atoms with Gasteiger partial charge in [0.2, 0.25) is 0 Å². The number of carbonyl (C=O) groups is 1. The fourth-order valence-corrected chi connectivity index (χ4v) is 1.47. The van der Waals surface area contributed by atoms with Crippen molar-refractivity contribution < 1.29 is 14.3 Å². The van der Waals surface area contributed by atoms with Crippen LogP contribution < -0.4 is 5.32 Å². The van der Waals surface area contributed by atoms with E-state index in [1.807, 2.05) is 7.05 Å². The summed E-state index contributed by atoms with van der Waals surface area (Å²) in [5, 5.41) is 11.8. The van der Waals surface area contributed by atoms with Gasteiger partial charge in [0.05, 0.1) is 12.7 Å². The Kier molecular flexibility index (Phi) is 3.22. The highest BCUT2D eigenvalue weighted by Crippen LogP contribution is 2.14. The summed E-state index contributed by atoms with van der Waals surface area (Å²) in [6, 6.07) is 0.927. The smallest absolute Gasteiger partial charge is 0.339 e. The van der Waals surface area contributed by atoms with Gasteiger partial charge in [-0.15, -0.1) is 0 Å². The highest BCUT2D eigenvalue weighted by atomic mass is 19.1. The third-order valence-electron chi connectivity index (χ3n) is 2.42. The maximum absolute atomic E-state index is 12.9. The Morgan fingerprint density at radius 1 is 1.56 bits per heavy atom. The van der Waals surface area contributed by atoms with E-state index in [4.69, 9.17) is 5.11 Å². The van der Waals surface area contributed by atoms with Gasteiger partial charge in [-0.05, 0) is 6.07 Å². The molecule has 6 nitrogen and oxygen atoms in total. The van der Waals surface area contributed by atoms with Crippen LogP contribution in [-0.4, -0.2) is 25.6 Å². The number of hydrogen-bond acceptors (Lipinski definition) is 4. The molecule has 0 atom stereocenters. The third kappa shape index (κ3) is 2.45. The second kappa shape index (κ2) is 4.82. The Morgan fingerprint density at radius 3 is 2.94 bits per heavy atom. The number of hydrogen-bond donors (Lipinski definition) is 2. The number of carboxylic acid groups (broad SMARTS) is 1. The van der Waals surface area contributed by atoms with E-state index in [2.05, 4.69) is 15.3 Å². The van der Waals surface area contributed by atoms with E-state index in [-0.39, 0.29) is 11.4 Å². The Hall–Kier alpha value is -2.44. The minimum Gasteiger partial charge on any atom is -0.478 e. The lowest BCUT2D eigenvalue weighted by Crippen LogP contribution is -2.11. The van der Waals surface area contributed by atoms with Gasteiger partial charge in [-0.1, -0.05) is 0 Å². The van der Waals surface area contributed by atoms with Crippen LogP contribution in [0.2, 0.25) is 0 Å². The molecule has 7 heteroatoms. The van der Waals surface area contributed by atoms with Crippen molar-refractivity contribution in [2.24, 2.45) is 7.05 Å². The highest BCUT2D eigenvalue weighted by molar-refractivity contribution is 5.93. The molecule has 2 aromatic heterocycles. The number of rotatable bonds is 4. The molecule has 0 aliphatic carbocycles. The van der Waals surface area contributed by atoms with E-state index < -0.39 is 11.8 Å². The van der Waals surface area contributed by atoms with Gasteiger partial charge in [0.25, 0.3) is 0 Å². The summed E-state index contributed by atoms with van der Waals surface area (Å²) >= 11 is 0. The highest BCUT2D eigenvalue weighted by Gasteiger charge is 2.13. The van der Waals surface area contributed by atoms with Gasteiger partial charge < -0.3 is 15.0 Å². The summed E-state index contributed by atoms with van der Waals surface area (Å²) in [6.45, 7) is 0.308. The average molecular weight is 250 g/mol. The van der Waals surface area contributed by atoms with Gasteiger partial charge in [-0.2, -0.15) is 0 Å². The van der Waals surface area contributed by atoms with Crippen molar-refractivity contribution >= 4 is 11.8 Å². The van der Waals surface area contributed by atoms with Gasteiger partial charge in [-0.3, -0.25) is 0 Å². The maximum Gasteiger partial charge on any atom is 0.339 e. The quantitative estimate of drug-likeness (QED) is 0.854. The first kappa shape index (κ1) is 12.0. The van der Waals surface area contributed by atoms with Crippen LogP contribution in [0.4, 0.5) is 10.2 Å². The van der Waals surface area contributed by atoms with E-state index >= 15 is 0 Å². The summed E-state index contributed by atoms with van der Waals surface area (Å²) in [4.78, 5) is 18.7. The van der Waals surface area contributed by atoms with Crippen molar-refractivity contribution in [2.45, 2.75) is 6.54 Å². The fourth-order valence-electron chi connectivity index (χ4n) is 1.47. The number of imidazole rings is 1. The van der Waals surface area contributed by atoms with Gasteiger partial charge in [0.1, 0.15) is 23.0 Å². The molecular formula is C11H11FN4O2. The molecule has 0 unspecified atom stereocenters. The van der Waals surface area contributed by atoms with Crippen molar-refractivity contribution in [3.8, 4) is 0 Å². The number of aryl methyl sites for hydroxylation is 1. The van der Waals surface area contributed by atoms with E-state index in [9.17, 15) is 9.18 Å². The Labute approximate surface area is 102 Å². The molecule has 0 amide bonds. The molecule has 18 heavy (non-hydrogen) atoms. The normalized spacial score (nSPS) is 10.3. The lowest BCUT2D eigenvalue weighted by atomic mass is 10.2.